The van der Waals surface area contributed by atoms with E-state index in [4.69, 9.17) is 4.74 Å². The SMILES string of the molecule is CN=C(NC1C2CCOC2C1(C)C)N1CCN(C(=O)C(C)C)CC1.I. The summed E-state index contributed by atoms with van der Waals surface area (Å²) < 4.78 is 5.88. The van der Waals surface area contributed by atoms with Gasteiger partial charge in [0.25, 0.3) is 0 Å². The molecule has 25 heavy (non-hydrogen) atoms. The number of carbonyl (C=O) groups excluding carboxylic acids is 1. The first-order valence-corrected chi connectivity index (χ1v) is 9.25. The monoisotopic (exact) mass is 464 g/mol. The molecule has 3 rings (SSSR count). The molecule has 1 aliphatic carbocycles. The van der Waals surface area contributed by atoms with Gasteiger partial charge in [0.15, 0.2) is 5.96 Å². The van der Waals surface area contributed by atoms with E-state index >= 15 is 0 Å². The second kappa shape index (κ2) is 7.98. The third kappa shape index (κ3) is 3.77. The van der Waals surface area contributed by atoms with E-state index < -0.39 is 0 Å². The summed E-state index contributed by atoms with van der Waals surface area (Å²) in [5.74, 6) is 1.89. The molecule has 3 aliphatic rings. The molecule has 3 atom stereocenters. The Balaban J connectivity index is 0.00000225. The molecule has 6 nitrogen and oxygen atoms in total. The Morgan fingerprint density at radius 1 is 1.20 bits per heavy atom. The first-order chi connectivity index (χ1) is 11.4. The average molecular weight is 464 g/mol. The first kappa shape index (κ1) is 20.7. The standard InChI is InChI=1S/C18H32N4O2.HI/c1-12(2)16(23)21-7-9-22(10-8-21)17(19-5)20-14-13-6-11-24-15(13)18(14,3)4;/h12-15H,6-11H2,1-5H3,(H,19,20);1H. The number of halogens is 1. The lowest BCUT2D eigenvalue weighted by Gasteiger charge is -2.55. The zero-order valence-corrected chi connectivity index (χ0v) is 18.4. The third-order valence-corrected chi connectivity index (χ3v) is 5.98. The molecular formula is C18H33IN4O2. The van der Waals surface area contributed by atoms with Crippen LogP contribution in [0.15, 0.2) is 4.99 Å². The molecule has 2 saturated heterocycles. The van der Waals surface area contributed by atoms with Gasteiger partial charge < -0.3 is 19.9 Å². The number of ether oxygens (including phenoxy) is 1. The summed E-state index contributed by atoms with van der Waals surface area (Å²) in [6.07, 6.45) is 1.52. The number of hydrogen-bond donors (Lipinski definition) is 1. The third-order valence-electron chi connectivity index (χ3n) is 5.98. The number of piperazine rings is 1. The molecule has 0 bridgehead atoms. The minimum atomic E-state index is 0. The Labute approximate surface area is 168 Å². The smallest absolute Gasteiger partial charge is 0.225 e. The van der Waals surface area contributed by atoms with Crippen molar-refractivity contribution in [1.29, 1.82) is 0 Å². The van der Waals surface area contributed by atoms with Gasteiger partial charge >= 0.3 is 0 Å². The summed E-state index contributed by atoms with van der Waals surface area (Å²) >= 11 is 0. The zero-order chi connectivity index (χ0) is 17.5. The van der Waals surface area contributed by atoms with E-state index in [1.807, 2.05) is 25.8 Å². The molecule has 2 heterocycles. The molecule has 3 fully saturated rings. The Morgan fingerprint density at radius 2 is 1.80 bits per heavy atom. The normalized spacial score (nSPS) is 31.3. The maximum Gasteiger partial charge on any atom is 0.225 e. The fourth-order valence-corrected chi connectivity index (χ4v) is 4.56. The number of fused-ring (bicyclic) bond motifs is 1. The molecule has 7 heteroatoms. The molecule has 0 radical (unpaired) electrons. The summed E-state index contributed by atoms with van der Waals surface area (Å²) in [4.78, 5) is 20.9. The maximum atomic E-state index is 12.1. The summed E-state index contributed by atoms with van der Waals surface area (Å²) in [5, 5.41) is 3.69. The predicted octanol–water partition coefficient (Wildman–Crippen LogP) is 1.79. The van der Waals surface area contributed by atoms with Crippen LogP contribution in [0.2, 0.25) is 0 Å². The lowest BCUT2D eigenvalue weighted by atomic mass is 9.57. The van der Waals surface area contributed by atoms with E-state index in [9.17, 15) is 4.79 Å². The van der Waals surface area contributed by atoms with Crippen molar-refractivity contribution >= 4 is 35.8 Å². The van der Waals surface area contributed by atoms with Crippen molar-refractivity contribution in [2.45, 2.75) is 46.3 Å². The van der Waals surface area contributed by atoms with Crippen molar-refractivity contribution in [3.63, 3.8) is 0 Å². The topological polar surface area (TPSA) is 57.2 Å². The van der Waals surface area contributed by atoms with Crippen LogP contribution in [0.5, 0.6) is 0 Å². The van der Waals surface area contributed by atoms with Crippen LogP contribution in [0.4, 0.5) is 0 Å². The minimum absolute atomic E-state index is 0. The summed E-state index contributed by atoms with van der Waals surface area (Å²) in [7, 11) is 1.85. The van der Waals surface area contributed by atoms with Gasteiger partial charge in [0, 0.05) is 63.1 Å². The van der Waals surface area contributed by atoms with Gasteiger partial charge in [-0.1, -0.05) is 27.7 Å². The molecule has 1 saturated carbocycles. The number of nitrogens with one attached hydrogen (secondary N) is 1. The van der Waals surface area contributed by atoms with Gasteiger partial charge in [0.05, 0.1) is 6.10 Å². The molecule has 2 aliphatic heterocycles. The zero-order valence-electron chi connectivity index (χ0n) is 16.1. The van der Waals surface area contributed by atoms with Gasteiger partial charge in [-0.15, -0.1) is 24.0 Å². The molecule has 3 unspecified atom stereocenters. The number of aliphatic imine (C=N–C) groups is 1. The highest BCUT2D eigenvalue weighted by Gasteiger charge is 2.59. The number of amides is 1. The fourth-order valence-electron chi connectivity index (χ4n) is 4.56. The number of rotatable bonds is 2. The summed E-state index contributed by atoms with van der Waals surface area (Å²) in [6, 6.07) is 0.416. The first-order valence-electron chi connectivity index (χ1n) is 9.25. The van der Waals surface area contributed by atoms with Crippen molar-refractivity contribution < 1.29 is 9.53 Å². The second-order valence-electron chi connectivity index (χ2n) is 8.20. The van der Waals surface area contributed by atoms with Crippen LogP contribution in [-0.2, 0) is 9.53 Å². The highest BCUT2D eigenvalue weighted by molar-refractivity contribution is 14.0. The van der Waals surface area contributed by atoms with Gasteiger partial charge in [-0.05, 0) is 6.42 Å². The van der Waals surface area contributed by atoms with Crippen LogP contribution in [-0.4, -0.2) is 73.6 Å². The number of nitrogens with zero attached hydrogens (tertiary/aromatic N) is 3. The second-order valence-corrected chi connectivity index (χ2v) is 8.20. The predicted molar refractivity (Wildman–Crippen MR) is 110 cm³/mol. The number of hydrogen-bond acceptors (Lipinski definition) is 3. The minimum Gasteiger partial charge on any atom is -0.377 e. The molecule has 144 valence electrons. The van der Waals surface area contributed by atoms with Gasteiger partial charge in [-0.3, -0.25) is 9.79 Å². The Kier molecular flexibility index (Phi) is 6.62. The van der Waals surface area contributed by atoms with Gasteiger partial charge in [-0.25, -0.2) is 0 Å². The van der Waals surface area contributed by atoms with E-state index in [1.54, 1.807) is 0 Å². The van der Waals surface area contributed by atoms with Crippen LogP contribution in [0, 0.1) is 17.3 Å². The Bertz CT molecular complexity index is 515. The van der Waals surface area contributed by atoms with E-state index in [1.165, 1.54) is 0 Å². The maximum absolute atomic E-state index is 12.1. The van der Waals surface area contributed by atoms with E-state index in [-0.39, 0.29) is 41.2 Å². The highest BCUT2D eigenvalue weighted by atomic mass is 127. The summed E-state index contributed by atoms with van der Waals surface area (Å²) in [5.41, 5.74) is 0.145. The van der Waals surface area contributed by atoms with Crippen molar-refractivity contribution in [2.24, 2.45) is 22.2 Å². The van der Waals surface area contributed by atoms with E-state index in [2.05, 4.69) is 29.1 Å². The number of carbonyl (C=O) groups is 1. The molecule has 0 aromatic heterocycles. The van der Waals surface area contributed by atoms with Crippen molar-refractivity contribution in [3.05, 3.63) is 0 Å². The molecule has 0 spiro atoms. The van der Waals surface area contributed by atoms with Crippen LogP contribution >= 0.6 is 24.0 Å². The van der Waals surface area contributed by atoms with Crippen LogP contribution in [0.1, 0.15) is 34.1 Å². The Morgan fingerprint density at radius 3 is 2.36 bits per heavy atom. The molecule has 1 amide bonds. The van der Waals surface area contributed by atoms with Crippen LogP contribution < -0.4 is 5.32 Å². The molecule has 0 aromatic rings. The largest absolute Gasteiger partial charge is 0.377 e. The van der Waals surface area contributed by atoms with Crippen LogP contribution in [0.25, 0.3) is 0 Å². The van der Waals surface area contributed by atoms with Crippen molar-refractivity contribution in [2.75, 3.05) is 39.8 Å². The van der Waals surface area contributed by atoms with Crippen molar-refractivity contribution in [3.8, 4) is 0 Å². The highest BCUT2D eigenvalue weighted by Crippen LogP contribution is 2.52. The van der Waals surface area contributed by atoms with E-state index in [0.717, 1.165) is 45.2 Å². The summed E-state index contributed by atoms with van der Waals surface area (Å²) in [6.45, 7) is 12.6. The quantitative estimate of drug-likeness (QED) is 0.385. The van der Waals surface area contributed by atoms with E-state index in [0.29, 0.717) is 18.1 Å². The lowest BCUT2D eigenvalue weighted by Crippen LogP contribution is -2.68. The molecule has 0 aromatic carbocycles. The number of guanidine groups is 1. The van der Waals surface area contributed by atoms with Crippen molar-refractivity contribution in [1.82, 2.24) is 15.1 Å². The van der Waals surface area contributed by atoms with Gasteiger partial charge in [0.1, 0.15) is 0 Å². The van der Waals surface area contributed by atoms with Crippen LogP contribution in [0.3, 0.4) is 0 Å². The van der Waals surface area contributed by atoms with Gasteiger partial charge in [-0.2, -0.15) is 0 Å². The molecular weight excluding hydrogens is 431 g/mol. The van der Waals surface area contributed by atoms with Gasteiger partial charge in [0.2, 0.25) is 5.91 Å². The molecule has 1 N–H and O–H groups in total. The fraction of sp³-hybridized carbons (Fsp3) is 0.889. The Hall–Kier alpha value is -0.570. The average Bonchev–Trinajstić information content (AvgIpc) is 3.02. The lowest BCUT2D eigenvalue weighted by molar-refractivity contribution is -0.135.